The molecule has 0 aliphatic carbocycles. The largest absolute Gasteiger partial charge is 0.285 e. The number of fused-ring (bicyclic) bond motifs is 1. The normalized spacial score (nSPS) is 12.1. The Bertz CT molecular complexity index is 616. The molecule has 0 unspecified atom stereocenters. The number of rotatable bonds is 3. The molecule has 0 saturated heterocycles. The molecule has 16 heavy (non-hydrogen) atoms. The number of aromatic nitrogens is 1. The molecule has 0 aliphatic heterocycles. The van der Waals surface area contributed by atoms with Gasteiger partial charge in [-0.15, -0.1) is 0 Å². The van der Waals surface area contributed by atoms with Crippen LogP contribution in [0.25, 0.3) is 10.2 Å². The maximum atomic E-state index is 10.7. The fraction of sp³-hybridized carbons (Fsp3) is 0.300. The third-order valence-electron chi connectivity index (χ3n) is 2.37. The molecule has 0 spiro atoms. The highest BCUT2D eigenvalue weighted by molar-refractivity contribution is 7.85. The van der Waals surface area contributed by atoms with Gasteiger partial charge in [-0.3, -0.25) is 4.55 Å². The molecular formula is C10H12NO3S2+. The predicted octanol–water partition coefficient (Wildman–Crippen LogP) is 1.39. The summed E-state index contributed by atoms with van der Waals surface area (Å²) in [5.74, 6) is -0.251. The highest BCUT2D eigenvalue weighted by atomic mass is 32.2. The van der Waals surface area contributed by atoms with Crippen LogP contribution in [0.15, 0.2) is 24.3 Å². The van der Waals surface area contributed by atoms with E-state index in [1.165, 1.54) is 0 Å². The number of para-hydroxylation sites is 1. The Morgan fingerprint density at radius 2 is 2.06 bits per heavy atom. The van der Waals surface area contributed by atoms with Crippen LogP contribution in [0.5, 0.6) is 0 Å². The molecule has 4 nitrogen and oxygen atoms in total. The minimum Gasteiger partial charge on any atom is -0.285 e. The molecule has 0 saturated carbocycles. The fourth-order valence-corrected chi connectivity index (χ4v) is 3.10. The monoisotopic (exact) mass is 258 g/mol. The lowest BCUT2D eigenvalue weighted by atomic mass is 10.3. The molecule has 1 heterocycles. The molecule has 0 atom stereocenters. The summed E-state index contributed by atoms with van der Waals surface area (Å²) in [5.41, 5.74) is 1.01. The second-order valence-corrected chi connectivity index (χ2v) is 6.33. The van der Waals surface area contributed by atoms with Crippen LogP contribution in [0.2, 0.25) is 0 Å². The molecule has 0 fully saturated rings. The average Bonchev–Trinajstić information content (AvgIpc) is 2.49. The summed E-state index contributed by atoms with van der Waals surface area (Å²) in [6, 6.07) is 7.81. The van der Waals surface area contributed by atoms with E-state index in [2.05, 4.69) is 0 Å². The van der Waals surface area contributed by atoms with Crippen molar-refractivity contribution >= 4 is 31.7 Å². The molecule has 2 rings (SSSR count). The van der Waals surface area contributed by atoms with Crippen LogP contribution in [0.4, 0.5) is 0 Å². The Labute approximate surface area is 97.9 Å². The Balaban J connectivity index is 2.40. The van der Waals surface area contributed by atoms with Gasteiger partial charge in [-0.2, -0.15) is 13.0 Å². The Kier molecular flexibility index (Phi) is 2.96. The van der Waals surface area contributed by atoms with E-state index >= 15 is 0 Å². The van der Waals surface area contributed by atoms with E-state index in [0.29, 0.717) is 0 Å². The van der Waals surface area contributed by atoms with Crippen molar-refractivity contribution in [2.24, 2.45) is 0 Å². The highest BCUT2D eigenvalue weighted by Crippen LogP contribution is 2.18. The van der Waals surface area contributed by atoms with Gasteiger partial charge in [-0.25, -0.2) is 0 Å². The number of hydrogen-bond acceptors (Lipinski definition) is 3. The summed E-state index contributed by atoms with van der Waals surface area (Å²) in [6.45, 7) is 2.23. The second-order valence-electron chi connectivity index (χ2n) is 3.53. The SMILES string of the molecule is Cc1sc2ccccc2[n+]1CCS(=O)(=O)O. The predicted molar refractivity (Wildman–Crippen MR) is 63.2 cm³/mol. The second kappa shape index (κ2) is 4.12. The third kappa shape index (κ3) is 2.40. The maximum absolute atomic E-state index is 10.7. The molecule has 0 radical (unpaired) electrons. The zero-order valence-electron chi connectivity index (χ0n) is 8.75. The minimum absolute atomic E-state index is 0.251. The van der Waals surface area contributed by atoms with E-state index in [0.717, 1.165) is 15.2 Å². The quantitative estimate of drug-likeness (QED) is 0.668. The van der Waals surface area contributed by atoms with Gasteiger partial charge in [0.05, 0.1) is 0 Å². The molecule has 0 bridgehead atoms. The minimum atomic E-state index is -3.90. The first kappa shape index (κ1) is 11.5. The van der Waals surface area contributed by atoms with Gasteiger partial charge < -0.3 is 0 Å². The van der Waals surface area contributed by atoms with Gasteiger partial charge >= 0.3 is 0 Å². The van der Waals surface area contributed by atoms with Gasteiger partial charge in [0.25, 0.3) is 10.1 Å². The summed E-state index contributed by atoms with van der Waals surface area (Å²) in [4.78, 5) is 0. The lowest BCUT2D eigenvalue weighted by Crippen LogP contribution is -2.38. The first-order valence-electron chi connectivity index (χ1n) is 4.80. The van der Waals surface area contributed by atoms with Crippen molar-refractivity contribution in [3.05, 3.63) is 29.3 Å². The van der Waals surface area contributed by atoms with Crippen LogP contribution in [-0.4, -0.2) is 18.7 Å². The van der Waals surface area contributed by atoms with Crippen LogP contribution in [0.3, 0.4) is 0 Å². The average molecular weight is 258 g/mol. The number of aryl methyl sites for hydroxylation is 2. The number of hydrogen-bond donors (Lipinski definition) is 1. The fourth-order valence-electron chi connectivity index (χ4n) is 1.63. The van der Waals surface area contributed by atoms with Crippen molar-refractivity contribution in [3.63, 3.8) is 0 Å². The Morgan fingerprint density at radius 1 is 1.38 bits per heavy atom. The van der Waals surface area contributed by atoms with Crippen molar-refractivity contribution in [1.82, 2.24) is 0 Å². The van der Waals surface area contributed by atoms with Gasteiger partial charge in [-0.1, -0.05) is 23.5 Å². The smallest absolute Gasteiger partial charge is 0.271 e. The van der Waals surface area contributed by atoms with E-state index in [4.69, 9.17) is 4.55 Å². The zero-order chi connectivity index (χ0) is 11.8. The van der Waals surface area contributed by atoms with Crippen molar-refractivity contribution in [1.29, 1.82) is 0 Å². The van der Waals surface area contributed by atoms with Crippen molar-refractivity contribution in [2.45, 2.75) is 13.5 Å². The topological polar surface area (TPSA) is 58.2 Å². The molecule has 2 aromatic rings. The molecule has 1 aromatic carbocycles. The van der Waals surface area contributed by atoms with Crippen molar-refractivity contribution < 1.29 is 17.5 Å². The zero-order valence-corrected chi connectivity index (χ0v) is 10.4. The van der Waals surface area contributed by atoms with Crippen LogP contribution in [0, 0.1) is 6.92 Å². The van der Waals surface area contributed by atoms with Gasteiger partial charge in [-0.05, 0) is 6.07 Å². The summed E-state index contributed by atoms with van der Waals surface area (Å²) in [7, 11) is -3.90. The Morgan fingerprint density at radius 3 is 2.75 bits per heavy atom. The van der Waals surface area contributed by atoms with E-state index in [1.807, 2.05) is 35.8 Å². The Hall–Kier alpha value is -0.980. The molecule has 1 aromatic heterocycles. The van der Waals surface area contributed by atoms with E-state index in [-0.39, 0.29) is 12.3 Å². The van der Waals surface area contributed by atoms with Gasteiger partial charge in [0.15, 0.2) is 6.54 Å². The van der Waals surface area contributed by atoms with Crippen LogP contribution < -0.4 is 4.57 Å². The van der Waals surface area contributed by atoms with Crippen LogP contribution >= 0.6 is 11.3 Å². The summed E-state index contributed by atoms with van der Waals surface area (Å²) >= 11 is 1.62. The molecule has 86 valence electrons. The summed E-state index contributed by atoms with van der Waals surface area (Å²) < 4.78 is 33.2. The molecule has 0 aliphatic rings. The first-order chi connectivity index (χ1) is 7.47. The third-order valence-corrected chi connectivity index (χ3v) is 4.15. The van der Waals surface area contributed by atoms with Crippen LogP contribution in [0.1, 0.15) is 5.01 Å². The van der Waals surface area contributed by atoms with E-state index in [9.17, 15) is 8.42 Å². The molecule has 6 heteroatoms. The van der Waals surface area contributed by atoms with E-state index < -0.39 is 10.1 Å². The molecule has 1 N–H and O–H groups in total. The maximum Gasteiger partial charge on any atom is 0.271 e. The van der Waals surface area contributed by atoms with Crippen molar-refractivity contribution in [3.8, 4) is 0 Å². The number of benzene rings is 1. The summed E-state index contributed by atoms with van der Waals surface area (Å²) in [6.07, 6.45) is 0. The number of nitrogens with zero attached hydrogens (tertiary/aromatic N) is 1. The molecular weight excluding hydrogens is 246 g/mol. The molecule has 0 amide bonds. The first-order valence-corrected chi connectivity index (χ1v) is 7.23. The number of thiazole rings is 1. The summed E-state index contributed by atoms with van der Waals surface area (Å²) in [5, 5.41) is 1.03. The van der Waals surface area contributed by atoms with Gasteiger partial charge in [0.2, 0.25) is 10.5 Å². The van der Waals surface area contributed by atoms with Gasteiger partial charge in [0, 0.05) is 13.0 Å². The van der Waals surface area contributed by atoms with Gasteiger partial charge in [0.1, 0.15) is 10.5 Å². The highest BCUT2D eigenvalue weighted by Gasteiger charge is 2.18. The van der Waals surface area contributed by atoms with Crippen LogP contribution in [-0.2, 0) is 16.7 Å². The lowest BCUT2D eigenvalue weighted by molar-refractivity contribution is -0.668. The standard InChI is InChI=1S/C10H11NO3S2/c1-8-11(6-7-16(12,13)14)9-4-2-3-5-10(9)15-8/h2-5H,6-7H2,1H3/p+1. The van der Waals surface area contributed by atoms with Crippen molar-refractivity contribution in [2.75, 3.05) is 5.75 Å². The van der Waals surface area contributed by atoms with E-state index in [1.54, 1.807) is 11.3 Å². The lowest BCUT2D eigenvalue weighted by Gasteiger charge is -1.95.